The highest BCUT2D eigenvalue weighted by atomic mass is 19.1. The minimum Gasteiger partial charge on any atom is -0.481 e. The van der Waals surface area contributed by atoms with E-state index < -0.39 is 17.8 Å². The van der Waals surface area contributed by atoms with E-state index in [0.717, 1.165) is 17.0 Å². The Labute approximate surface area is 166 Å². The first-order chi connectivity index (χ1) is 13.8. The van der Waals surface area contributed by atoms with E-state index in [-0.39, 0.29) is 12.3 Å². The van der Waals surface area contributed by atoms with Gasteiger partial charge in [0.05, 0.1) is 0 Å². The maximum Gasteiger partial charge on any atom is 0.279 e. The Hall–Kier alpha value is -3.56. The standard InChI is InChI=1S/C19H21FN6O3/c1-11-16(12(2)26-19(23-11)21-10-22-26)8-9-17(27)24-25-18(28)13(3)29-15-6-4-14(20)5-7-15/h4-7,10,13H,8-9H2,1-3H3,(H,24,27)(H,25,28)/t13-/m1/s1. The molecule has 0 saturated heterocycles. The van der Waals surface area contributed by atoms with Crippen molar-refractivity contribution in [2.24, 2.45) is 0 Å². The number of nitrogens with zero attached hydrogens (tertiary/aromatic N) is 4. The summed E-state index contributed by atoms with van der Waals surface area (Å²) in [5, 5.41) is 4.12. The second-order valence-electron chi connectivity index (χ2n) is 6.48. The number of carbonyl (C=O) groups is 2. The molecule has 2 amide bonds. The van der Waals surface area contributed by atoms with E-state index in [1.54, 1.807) is 4.52 Å². The van der Waals surface area contributed by atoms with Crippen molar-refractivity contribution >= 4 is 17.6 Å². The molecule has 3 rings (SSSR count). The molecule has 0 spiro atoms. The molecule has 10 heteroatoms. The summed E-state index contributed by atoms with van der Waals surface area (Å²) < 4.78 is 19.9. The van der Waals surface area contributed by atoms with E-state index in [1.807, 2.05) is 13.8 Å². The zero-order valence-corrected chi connectivity index (χ0v) is 16.3. The fourth-order valence-corrected chi connectivity index (χ4v) is 2.82. The van der Waals surface area contributed by atoms with Crippen molar-refractivity contribution in [2.45, 2.75) is 39.7 Å². The fourth-order valence-electron chi connectivity index (χ4n) is 2.82. The van der Waals surface area contributed by atoms with Crippen molar-refractivity contribution < 1.29 is 18.7 Å². The van der Waals surface area contributed by atoms with E-state index in [0.29, 0.717) is 17.9 Å². The zero-order chi connectivity index (χ0) is 21.0. The molecule has 0 radical (unpaired) electrons. The monoisotopic (exact) mass is 400 g/mol. The molecule has 0 bridgehead atoms. The van der Waals surface area contributed by atoms with Crippen LogP contribution >= 0.6 is 0 Å². The van der Waals surface area contributed by atoms with Crippen LogP contribution in [0, 0.1) is 19.7 Å². The van der Waals surface area contributed by atoms with Gasteiger partial charge in [0.2, 0.25) is 5.91 Å². The smallest absolute Gasteiger partial charge is 0.279 e. The van der Waals surface area contributed by atoms with Crippen LogP contribution in [0.4, 0.5) is 4.39 Å². The number of rotatable bonds is 6. The molecule has 152 valence electrons. The number of halogens is 1. The number of hydrazine groups is 1. The molecular formula is C19H21FN6O3. The third-order valence-electron chi connectivity index (χ3n) is 4.41. The van der Waals surface area contributed by atoms with Crippen LogP contribution in [-0.4, -0.2) is 37.5 Å². The Morgan fingerprint density at radius 1 is 1.21 bits per heavy atom. The molecule has 1 atom stereocenters. The number of aryl methyl sites for hydroxylation is 2. The van der Waals surface area contributed by atoms with Crippen molar-refractivity contribution in [3.05, 3.63) is 53.4 Å². The molecule has 2 heterocycles. The van der Waals surface area contributed by atoms with E-state index in [2.05, 4.69) is 25.9 Å². The summed E-state index contributed by atoms with van der Waals surface area (Å²) in [5.74, 6) is -0.422. The van der Waals surface area contributed by atoms with Gasteiger partial charge < -0.3 is 4.74 Å². The maximum atomic E-state index is 12.9. The summed E-state index contributed by atoms with van der Waals surface area (Å²) >= 11 is 0. The summed E-state index contributed by atoms with van der Waals surface area (Å²) in [6, 6.07) is 5.30. The van der Waals surface area contributed by atoms with Crippen LogP contribution in [0.25, 0.3) is 5.78 Å². The number of carbonyl (C=O) groups excluding carboxylic acids is 2. The van der Waals surface area contributed by atoms with Gasteiger partial charge in [-0.1, -0.05) is 0 Å². The molecule has 9 nitrogen and oxygen atoms in total. The van der Waals surface area contributed by atoms with Crippen molar-refractivity contribution in [3.8, 4) is 5.75 Å². The number of hydrogen-bond acceptors (Lipinski definition) is 6. The molecular weight excluding hydrogens is 379 g/mol. The number of fused-ring (bicyclic) bond motifs is 1. The van der Waals surface area contributed by atoms with Crippen LogP contribution in [0.1, 0.15) is 30.3 Å². The lowest BCUT2D eigenvalue weighted by Crippen LogP contribution is -2.47. The van der Waals surface area contributed by atoms with Crippen LogP contribution in [-0.2, 0) is 16.0 Å². The van der Waals surface area contributed by atoms with Crippen LogP contribution in [0.15, 0.2) is 30.6 Å². The van der Waals surface area contributed by atoms with Gasteiger partial charge >= 0.3 is 0 Å². The summed E-state index contributed by atoms with van der Waals surface area (Å²) in [6.07, 6.45) is 1.14. The first-order valence-electron chi connectivity index (χ1n) is 9.02. The van der Waals surface area contributed by atoms with E-state index in [1.165, 1.54) is 37.5 Å². The van der Waals surface area contributed by atoms with E-state index in [4.69, 9.17) is 4.74 Å². The summed E-state index contributed by atoms with van der Waals surface area (Å²) in [5.41, 5.74) is 7.23. The Kier molecular flexibility index (Phi) is 6.01. The molecule has 2 N–H and O–H groups in total. The van der Waals surface area contributed by atoms with Crippen LogP contribution in [0.3, 0.4) is 0 Å². The SMILES string of the molecule is Cc1nc2ncnn2c(C)c1CCC(=O)NNC(=O)[C@@H](C)Oc1ccc(F)cc1. The second kappa shape index (κ2) is 8.63. The lowest BCUT2D eigenvalue weighted by molar-refractivity contribution is -0.132. The largest absolute Gasteiger partial charge is 0.481 e. The Morgan fingerprint density at radius 3 is 2.66 bits per heavy atom. The molecule has 3 aromatic rings. The molecule has 0 aliphatic carbocycles. The predicted octanol–water partition coefficient (Wildman–Crippen LogP) is 1.43. The number of benzene rings is 1. The molecule has 29 heavy (non-hydrogen) atoms. The lowest BCUT2D eigenvalue weighted by atomic mass is 10.1. The lowest BCUT2D eigenvalue weighted by Gasteiger charge is -2.15. The highest BCUT2D eigenvalue weighted by Gasteiger charge is 2.16. The van der Waals surface area contributed by atoms with Gasteiger partial charge in [0.15, 0.2) is 6.10 Å². The van der Waals surface area contributed by atoms with Crippen molar-refractivity contribution in [2.75, 3.05) is 0 Å². The zero-order valence-electron chi connectivity index (χ0n) is 16.3. The fraction of sp³-hybridized carbons (Fsp3) is 0.316. The van der Waals surface area contributed by atoms with Crippen LogP contribution in [0.5, 0.6) is 5.75 Å². The summed E-state index contributed by atoms with van der Waals surface area (Å²) in [4.78, 5) is 32.6. The van der Waals surface area contributed by atoms with Crippen molar-refractivity contribution in [3.63, 3.8) is 0 Å². The van der Waals surface area contributed by atoms with Gasteiger partial charge in [-0.15, -0.1) is 0 Å². The molecule has 2 aromatic heterocycles. The molecule has 1 aromatic carbocycles. The molecule has 0 aliphatic rings. The number of ether oxygens (including phenoxy) is 1. The van der Waals surface area contributed by atoms with Crippen molar-refractivity contribution in [1.82, 2.24) is 30.4 Å². The third-order valence-corrected chi connectivity index (χ3v) is 4.41. The highest BCUT2D eigenvalue weighted by molar-refractivity contribution is 5.84. The van der Waals surface area contributed by atoms with Gasteiger partial charge in [0.25, 0.3) is 11.7 Å². The van der Waals surface area contributed by atoms with E-state index >= 15 is 0 Å². The van der Waals surface area contributed by atoms with Gasteiger partial charge in [-0.3, -0.25) is 20.4 Å². The molecule has 0 aliphatic heterocycles. The minimum atomic E-state index is -0.871. The average molecular weight is 400 g/mol. The minimum absolute atomic E-state index is 0.150. The maximum absolute atomic E-state index is 12.9. The molecule has 0 unspecified atom stereocenters. The average Bonchev–Trinajstić information content (AvgIpc) is 3.16. The Bertz CT molecular complexity index is 1030. The first-order valence-corrected chi connectivity index (χ1v) is 9.02. The van der Waals surface area contributed by atoms with Crippen LogP contribution < -0.4 is 15.6 Å². The Morgan fingerprint density at radius 2 is 1.93 bits per heavy atom. The Balaban J connectivity index is 1.49. The molecule has 0 saturated carbocycles. The first kappa shape index (κ1) is 20.2. The number of aromatic nitrogens is 4. The van der Waals surface area contributed by atoms with Crippen LogP contribution in [0.2, 0.25) is 0 Å². The van der Waals surface area contributed by atoms with Gasteiger partial charge in [-0.25, -0.2) is 13.9 Å². The van der Waals surface area contributed by atoms with E-state index in [9.17, 15) is 14.0 Å². The van der Waals surface area contributed by atoms with Crippen molar-refractivity contribution in [1.29, 1.82) is 0 Å². The highest BCUT2D eigenvalue weighted by Crippen LogP contribution is 2.15. The van der Waals surface area contributed by atoms with Gasteiger partial charge in [0.1, 0.15) is 17.9 Å². The summed E-state index contributed by atoms with van der Waals surface area (Å²) in [7, 11) is 0. The van der Waals surface area contributed by atoms with Gasteiger partial charge in [-0.2, -0.15) is 10.1 Å². The second-order valence-corrected chi connectivity index (χ2v) is 6.48. The molecule has 0 fully saturated rings. The third kappa shape index (κ3) is 4.84. The number of nitrogens with one attached hydrogen (secondary N) is 2. The normalized spacial score (nSPS) is 11.9. The van der Waals surface area contributed by atoms with Gasteiger partial charge in [0, 0.05) is 17.8 Å². The topological polar surface area (TPSA) is 111 Å². The quantitative estimate of drug-likeness (QED) is 0.606. The predicted molar refractivity (Wildman–Crippen MR) is 101 cm³/mol. The number of amides is 2. The van der Waals surface area contributed by atoms with Gasteiger partial charge in [-0.05, 0) is 57.0 Å². The summed E-state index contributed by atoms with van der Waals surface area (Å²) in [6.45, 7) is 5.27. The number of hydrogen-bond donors (Lipinski definition) is 2.